The van der Waals surface area contributed by atoms with E-state index in [4.69, 9.17) is 0 Å². The number of hydrogen-bond acceptors (Lipinski definition) is 2. The van der Waals surface area contributed by atoms with Gasteiger partial charge in [-0.05, 0) is 58.4 Å². The highest BCUT2D eigenvalue weighted by Crippen LogP contribution is 2.40. The molecular weight excluding hydrogens is 236 g/mol. The number of hydrogen-bond donors (Lipinski definition) is 1. The molecule has 5 atom stereocenters. The number of carbonyl (C=O) groups is 1. The van der Waals surface area contributed by atoms with E-state index in [2.05, 4.69) is 24.1 Å². The van der Waals surface area contributed by atoms with Gasteiger partial charge < -0.3 is 10.2 Å². The summed E-state index contributed by atoms with van der Waals surface area (Å²) in [4.78, 5) is 15.2. The molecule has 3 unspecified atom stereocenters. The van der Waals surface area contributed by atoms with Crippen LogP contribution >= 0.6 is 0 Å². The van der Waals surface area contributed by atoms with Crippen molar-refractivity contribution >= 4 is 5.91 Å². The van der Waals surface area contributed by atoms with Crippen LogP contribution in [0.5, 0.6) is 0 Å². The highest BCUT2D eigenvalue weighted by molar-refractivity contribution is 5.80. The van der Waals surface area contributed by atoms with Crippen molar-refractivity contribution in [2.45, 2.75) is 76.9 Å². The van der Waals surface area contributed by atoms with E-state index in [9.17, 15) is 4.79 Å². The molecule has 0 spiro atoms. The maximum atomic E-state index is 12.9. The molecule has 2 aliphatic heterocycles. The average Bonchev–Trinajstić information content (AvgIpc) is 2.74. The molecule has 0 aromatic carbocycles. The molecule has 1 N–H and O–H groups in total. The first kappa shape index (κ1) is 13.4. The number of rotatable bonds is 1. The summed E-state index contributed by atoms with van der Waals surface area (Å²) in [5, 5.41) is 3.45. The van der Waals surface area contributed by atoms with Gasteiger partial charge in [0, 0.05) is 24.0 Å². The Bertz CT molecular complexity index is 344. The van der Waals surface area contributed by atoms with E-state index >= 15 is 0 Å². The van der Waals surface area contributed by atoms with Crippen molar-refractivity contribution in [2.75, 3.05) is 6.54 Å². The van der Waals surface area contributed by atoms with E-state index in [1.807, 2.05) is 0 Å². The molecule has 1 saturated carbocycles. The van der Waals surface area contributed by atoms with Crippen LogP contribution in [-0.4, -0.2) is 35.5 Å². The molecular formula is C16H28N2O. The van der Waals surface area contributed by atoms with Gasteiger partial charge in [0.25, 0.3) is 0 Å². The maximum absolute atomic E-state index is 12.9. The Balaban J connectivity index is 1.71. The van der Waals surface area contributed by atoms with Gasteiger partial charge >= 0.3 is 0 Å². The summed E-state index contributed by atoms with van der Waals surface area (Å²) in [6.07, 6.45) is 8.60. The van der Waals surface area contributed by atoms with Crippen molar-refractivity contribution in [3.63, 3.8) is 0 Å². The molecule has 3 fully saturated rings. The van der Waals surface area contributed by atoms with Crippen LogP contribution in [0.3, 0.4) is 0 Å². The largest absolute Gasteiger partial charge is 0.336 e. The lowest BCUT2D eigenvalue weighted by Gasteiger charge is -2.37. The van der Waals surface area contributed by atoms with E-state index in [1.165, 1.54) is 32.1 Å². The Morgan fingerprint density at radius 2 is 1.89 bits per heavy atom. The van der Waals surface area contributed by atoms with Crippen LogP contribution in [0, 0.1) is 11.8 Å². The van der Waals surface area contributed by atoms with Gasteiger partial charge in [-0.15, -0.1) is 0 Å². The summed E-state index contributed by atoms with van der Waals surface area (Å²) in [6, 6.07) is 1.55. The van der Waals surface area contributed by atoms with Gasteiger partial charge in [-0.3, -0.25) is 4.79 Å². The van der Waals surface area contributed by atoms with Crippen LogP contribution in [0.2, 0.25) is 0 Å². The Hall–Kier alpha value is -0.570. The Kier molecular flexibility index (Phi) is 3.84. The normalized spacial score (nSPS) is 43.1. The molecule has 0 radical (unpaired) electrons. The lowest BCUT2D eigenvalue weighted by Crippen LogP contribution is -2.48. The van der Waals surface area contributed by atoms with E-state index in [0.717, 1.165) is 25.3 Å². The number of likely N-dealkylation sites (tertiary alicyclic amines) is 1. The standard InChI is InChI=1S/C16H28N2O/c1-11-9-14(7-8-17-11)16(19)18-12(2)10-13-5-3-4-6-15(13)18/h11-15,17H,3-10H2,1-2H3/t11-,12?,13?,14-,15?/m0/s1. The lowest BCUT2D eigenvalue weighted by molar-refractivity contribution is -0.140. The minimum Gasteiger partial charge on any atom is -0.336 e. The number of fused-ring (bicyclic) bond motifs is 1. The first-order chi connectivity index (χ1) is 9.16. The summed E-state index contributed by atoms with van der Waals surface area (Å²) in [7, 11) is 0. The summed E-state index contributed by atoms with van der Waals surface area (Å²) in [5.41, 5.74) is 0. The van der Waals surface area contributed by atoms with Gasteiger partial charge in [0.2, 0.25) is 5.91 Å². The molecule has 3 nitrogen and oxygen atoms in total. The van der Waals surface area contributed by atoms with Crippen molar-refractivity contribution in [1.82, 2.24) is 10.2 Å². The van der Waals surface area contributed by atoms with Gasteiger partial charge in [-0.1, -0.05) is 12.8 Å². The van der Waals surface area contributed by atoms with E-state index in [-0.39, 0.29) is 5.92 Å². The van der Waals surface area contributed by atoms with Crippen LogP contribution in [0.4, 0.5) is 0 Å². The Morgan fingerprint density at radius 1 is 1.11 bits per heavy atom. The Morgan fingerprint density at radius 3 is 2.68 bits per heavy atom. The minimum absolute atomic E-state index is 0.277. The van der Waals surface area contributed by atoms with Gasteiger partial charge in [0.15, 0.2) is 0 Å². The molecule has 3 rings (SSSR count). The quantitative estimate of drug-likeness (QED) is 0.789. The highest BCUT2D eigenvalue weighted by Gasteiger charge is 2.44. The predicted octanol–water partition coefficient (Wildman–Crippen LogP) is 2.55. The fraction of sp³-hybridized carbons (Fsp3) is 0.938. The zero-order valence-corrected chi connectivity index (χ0v) is 12.4. The van der Waals surface area contributed by atoms with Gasteiger partial charge in [-0.2, -0.15) is 0 Å². The molecule has 0 aromatic rings. The summed E-state index contributed by atoms with van der Waals surface area (Å²) < 4.78 is 0. The van der Waals surface area contributed by atoms with E-state index < -0.39 is 0 Å². The second kappa shape index (κ2) is 5.43. The summed E-state index contributed by atoms with van der Waals surface area (Å²) >= 11 is 0. The first-order valence-corrected chi connectivity index (χ1v) is 8.22. The number of nitrogens with zero attached hydrogens (tertiary/aromatic N) is 1. The topological polar surface area (TPSA) is 32.3 Å². The fourth-order valence-corrected chi connectivity index (χ4v) is 4.66. The summed E-state index contributed by atoms with van der Waals surface area (Å²) in [6.45, 7) is 5.48. The van der Waals surface area contributed by atoms with Crippen molar-refractivity contribution < 1.29 is 4.79 Å². The van der Waals surface area contributed by atoms with E-state index in [0.29, 0.717) is 24.0 Å². The van der Waals surface area contributed by atoms with Crippen LogP contribution in [0.1, 0.15) is 58.8 Å². The Labute approximate surface area is 117 Å². The average molecular weight is 264 g/mol. The first-order valence-electron chi connectivity index (χ1n) is 8.22. The van der Waals surface area contributed by atoms with Crippen LogP contribution < -0.4 is 5.32 Å². The van der Waals surface area contributed by atoms with Crippen molar-refractivity contribution in [3.05, 3.63) is 0 Å². The third-order valence-corrected chi connectivity index (χ3v) is 5.57. The molecule has 3 aliphatic rings. The molecule has 3 heteroatoms. The monoisotopic (exact) mass is 264 g/mol. The highest BCUT2D eigenvalue weighted by atomic mass is 16.2. The number of amides is 1. The van der Waals surface area contributed by atoms with Crippen LogP contribution in [-0.2, 0) is 4.79 Å². The van der Waals surface area contributed by atoms with Gasteiger partial charge in [0.1, 0.15) is 0 Å². The predicted molar refractivity (Wildman–Crippen MR) is 76.9 cm³/mol. The molecule has 1 amide bonds. The molecule has 0 aromatic heterocycles. The lowest BCUT2D eigenvalue weighted by atomic mass is 9.84. The maximum Gasteiger partial charge on any atom is 0.226 e. The van der Waals surface area contributed by atoms with Crippen LogP contribution in [0.15, 0.2) is 0 Å². The third kappa shape index (κ3) is 2.54. The number of carbonyl (C=O) groups excluding carboxylic acids is 1. The fourth-order valence-electron chi connectivity index (χ4n) is 4.66. The van der Waals surface area contributed by atoms with E-state index in [1.54, 1.807) is 0 Å². The molecule has 19 heavy (non-hydrogen) atoms. The molecule has 108 valence electrons. The second-order valence-electron chi connectivity index (χ2n) is 7.02. The molecule has 2 heterocycles. The zero-order valence-electron chi connectivity index (χ0n) is 12.4. The number of nitrogens with one attached hydrogen (secondary N) is 1. The molecule has 1 aliphatic carbocycles. The van der Waals surface area contributed by atoms with Crippen LogP contribution in [0.25, 0.3) is 0 Å². The zero-order chi connectivity index (χ0) is 13.4. The minimum atomic E-state index is 0.277. The van der Waals surface area contributed by atoms with Gasteiger partial charge in [-0.25, -0.2) is 0 Å². The smallest absolute Gasteiger partial charge is 0.226 e. The van der Waals surface area contributed by atoms with Crippen molar-refractivity contribution in [2.24, 2.45) is 11.8 Å². The second-order valence-corrected chi connectivity index (χ2v) is 7.02. The third-order valence-electron chi connectivity index (χ3n) is 5.57. The number of piperidine rings is 1. The molecule has 0 bridgehead atoms. The summed E-state index contributed by atoms with van der Waals surface area (Å²) in [5.74, 6) is 1.54. The molecule has 2 saturated heterocycles. The van der Waals surface area contributed by atoms with Crippen molar-refractivity contribution in [1.29, 1.82) is 0 Å². The van der Waals surface area contributed by atoms with Gasteiger partial charge in [0.05, 0.1) is 0 Å². The van der Waals surface area contributed by atoms with Crippen molar-refractivity contribution in [3.8, 4) is 0 Å². The SMILES string of the molecule is CC1CC2CCCCC2N1C(=O)[C@H]1CCN[C@@H](C)C1.